The topological polar surface area (TPSA) is 66.4 Å². The van der Waals surface area contributed by atoms with Gasteiger partial charge >= 0.3 is 5.97 Å². The Kier molecular flexibility index (Phi) is 4.76. The average Bonchev–Trinajstić information content (AvgIpc) is 2.97. The molecule has 2 aromatic rings. The van der Waals surface area contributed by atoms with E-state index in [1.807, 2.05) is 29.6 Å². The van der Waals surface area contributed by atoms with Gasteiger partial charge < -0.3 is 10.4 Å². The molecule has 0 saturated carbocycles. The third-order valence-corrected chi connectivity index (χ3v) is 5.21. The fraction of sp³-hybridized carbons (Fsp3) is 0.333. The second kappa shape index (κ2) is 6.96. The van der Waals surface area contributed by atoms with Crippen molar-refractivity contribution >= 4 is 28.9 Å². The summed E-state index contributed by atoms with van der Waals surface area (Å²) in [6.45, 7) is 0. The van der Waals surface area contributed by atoms with E-state index < -0.39 is 5.97 Å². The van der Waals surface area contributed by atoms with Crippen molar-refractivity contribution in [2.75, 3.05) is 5.32 Å². The van der Waals surface area contributed by atoms with E-state index in [1.165, 1.54) is 16.9 Å². The maximum atomic E-state index is 12.5. The molecule has 1 aliphatic carbocycles. The first-order valence-corrected chi connectivity index (χ1v) is 8.73. The summed E-state index contributed by atoms with van der Waals surface area (Å²) in [6, 6.07) is 7.40. The number of thiophene rings is 1. The zero-order valence-electron chi connectivity index (χ0n) is 12.8. The van der Waals surface area contributed by atoms with Gasteiger partial charge in [-0.15, -0.1) is 11.3 Å². The van der Waals surface area contributed by atoms with Crippen LogP contribution in [0.5, 0.6) is 0 Å². The van der Waals surface area contributed by atoms with Crippen molar-refractivity contribution in [3.05, 3.63) is 51.2 Å². The van der Waals surface area contributed by atoms with Gasteiger partial charge in [-0.2, -0.15) is 0 Å². The summed E-state index contributed by atoms with van der Waals surface area (Å²) < 4.78 is 0. The highest BCUT2D eigenvalue weighted by Gasteiger charge is 2.20. The fourth-order valence-corrected chi connectivity index (χ4v) is 4.06. The number of amides is 1. The molecule has 120 valence electrons. The summed E-state index contributed by atoms with van der Waals surface area (Å²) in [5.74, 6) is -0.885. The van der Waals surface area contributed by atoms with Crippen LogP contribution in [0.25, 0.3) is 0 Å². The SMILES string of the molecule is O=C(O)CCc1cccc(NC(=O)c2csc3c2CCCC3)c1. The van der Waals surface area contributed by atoms with Gasteiger partial charge in [0.1, 0.15) is 0 Å². The molecule has 0 fully saturated rings. The first-order valence-electron chi connectivity index (χ1n) is 7.85. The third kappa shape index (κ3) is 3.79. The lowest BCUT2D eigenvalue weighted by Gasteiger charge is -2.13. The second-order valence-electron chi connectivity index (χ2n) is 5.81. The molecule has 0 saturated heterocycles. The van der Waals surface area contributed by atoms with Gasteiger partial charge in [-0.3, -0.25) is 9.59 Å². The van der Waals surface area contributed by atoms with E-state index in [0.717, 1.165) is 30.4 Å². The van der Waals surface area contributed by atoms with Crippen LogP contribution in [-0.2, 0) is 24.1 Å². The Labute approximate surface area is 139 Å². The van der Waals surface area contributed by atoms with Gasteiger partial charge in [0.05, 0.1) is 5.56 Å². The van der Waals surface area contributed by atoms with Crippen LogP contribution in [0.1, 0.15) is 45.6 Å². The van der Waals surface area contributed by atoms with Crippen LogP contribution in [0.4, 0.5) is 5.69 Å². The molecule has 23 heavy (non-hydrogen) atoms. The van der Waals surface area contributed by atoms with Crippen LogP contribution < -0.4 is 5.32 Å². The van der Waals surface area contributed by atoms with E-state index in [9.17, 15) is 9.59 Å². The van der Waals surface area contributed by atoms with Crippen molar-refractivity contribution in [1.29, 1.82) is 0 Å². The molecule has 0 radical (unpaired) electrons. The maximum absolute atomic E-state index is 12.5. The van der Waals surface area contributed by atoms with Crippen molar-refractivity contribution in [3.63, 3.8) is 0 Å². The van der Waals surface area contributed by atoms with Gasteiger partial charge in [0.25, 0.3) is 5.91 Å². The van der Waals surface area contributed by atoms with Crippen molar-refractivity contribution in [2.24, 2.45) is 0 Å². The molecule has 1 amide bonds. The number of carboxylic acids is 1. The minimum absolute atomic E-state index is 0.0696. The number of hydrogen-bond donors (Lipinski definition) is 2. The Morgan fingerprint density at radius 3 is 2.87 bits per heavy atom. The molecule has 1 aromatic heterocycles. The first-order chi connectivity index (χ1) is 11.1. The van der Waals surface area contributed by atoms with Gasteiger partial charge in [0, 0.05) is 22.4 Å². The van der Waals surface area contributed by atoms with Crippen LogP contribution in [-0.4, -0.2) is 17.0 Å². The van der Waals surface area contributed by atoms with Gasteiger partial charge in [-0.05, 0) is 55.4 Å². The van der Waals surface area contributed by atoms with E-state index in [0.29, 0.717) is 12.1 Å². The average molecular weight is 329 g/mol. The number of carboxylic acid groups (broad SMARTS) is 1. The van der Waals surface area contributed by atoms with Crippen LogP contribution >= 0.6 is 11.3 Å². The number of hydrogen-bond acceptors (Lipinski definition) is 3. The van der Waals surface area contributed by atoms with Crippen molar-refractivity contribution in [1.82, 2.24) is 0 Å². The van der Waals surface area contributed by atoms with E-state index in [4.69, 9.17) is 5.11 Å². The van der Waals surface area contributed by atoms with Crippen molar-refractivity contribution in [3.8, 4) is 0 Å². The summed E-state index contributed by atoms with van der Waals surface area (Å²) in [4.78, 5) is 24.5. The summed E-state index contributed by atoms with van der Waals surface area (Å²) in [5.41, 5.74) is 3.63. The quantitative estimate of drug-likeness (QED) is 0.874. The van der Waals surface area contributed by atoms with Crippen LogP contribution in [0.3, 0.4) is 0 Å². The van der Waals surface area contributed by atoms with E-state index in [2.05, 4.69) is 5.32 Å². The first kappa shape index (κ1) is 15.7. The van der Waals surface area contributed by atoms with Gasteiger partial charge in [-0.25, -0.2) is 0 Å². The Morgan fingerprint density at radius 2 is 2.04 bits per heavy atom. The lowest BCUT2D eigenvalue weighted by Crippen LogP contribution is -2.14. The molecule has 1 heterocycles. The van der Waals surface area contributed by atoms with Crippen molar-refractivity contribution < 1.29 is 14.7 Å². The number of rotatable bonds is 5. The van der Waals surface area contributed by atoms with Gasteiger partial charge in [0.15, 0.2) is 0 Å². The van der Waals surface area contributed by atoms with Crippen molar-refractivity contribution in [2.45, 2.75) is 38.5 Å². The summed E-state index contributed by atoms with van der Waals surface area (Å²) in [7, 11) is 0. The molecular formula is C18H19NO3S. The second-order valence-corrected chi connectivity index (χ2v) is 6.77. The highest BCUT2D eigenvalue weighted by atomic mass is 32.1. The summed E-state index contributed by atoms with van der Waals surface area (Å²) >= 11 is 1.68. The third-order valence-electron chi connectivity index (χ3n) is 4.12. The Hall–Kier alpha value is -2.14. The lowest BCUT2D eigenvalue weighted by atomic mass is 9.95. The number of anilines is 1. The largest absolute Gasteiger partial charge is 0.481 e. The number of aliphatic carboxylic acids is 1. The molecule has 3 rings (SSSR count). The van der Waals surface area contributed by atoms with Gasteiger partial charge in [-0.1, -0.05) is 12.1 Å². The normalized spacial score (nSPS) is 13.4. The van der Waals surface area contributed by atoms with Crippen LogP contribution in [0, 0.1) is 0 Å². The van der Waals surface area contributed by atoms with Crippen LogP contribution in [0.2, 0.25) is 0 Å². The zero-order valence-corrected chi connectivity index (χ0v) is 13.6. The predicted molar refractivity (Wildman–Crippen MR) is 91.3 cm³/mol. The molecule has 2 N–H and O–H groups in total. The Bertz CT molecular complexity index is 736. The molecular weight excluding hydrogens is 310 g/mol. The van der Waals surface area contributed by atoms with E-state index in [1.54, 1.807) is 11.3 Å². The zero-order chi connectivity index (χ0) is 16.2. The van der Waals surface area contributed by atoms with Gasteiger partial charge in [0.2, 0.25) is 0 Å². The number of carbonyl (C=O) groups excluding carboxylic acids is 1. The molecule has 0 unspecified atom stereocenters. The summed E-state index contributed by atoms with van der Waals surface area (Å²) in [6.07, 6.45) is 4.98. The molecule has 4 nitrogen and oxygen atoms in total. The molecule has 1 aliphatic rings. The number of fused-ring (bicyclic) bond motifs is 1. The molecule has 1 aromatic carbocycles. The Morgan fingerprint density at radius 1 is 1.22 bits per heavy atom. The fourth-order valence-electron chi connectivity index (χ4n) is 2.94. The lowest BCUT2D eigenvalue weighted by molar-refractivity contribution is -0.136. The Balaban J connectivity index is 1.71. The number of aryl methyl sites for hydroxylation is 2. The molecule has 0 atom stereocenters. The molecule has 0 spiro atoms. The highest BCUT2D eigenvalue weighted by Crippen LogP contribution is 2.30. The highest BCUT2D eigenvalue weighted by molar-refractivity contribution is 7.10. The smallest absolute Gasteiger partial charge is 0.303 e. The number of carbonyl (C=O) groups is 2. The minimum Gasteiger partial charge on any atom is -0.481 e. The van der Waals surface area contributed by atoms with E-state index >= 15 is 0 Å². The number of benzene rings is 1. The molecule has 0 bridgehead atoms. The summed E-state index contributed by atoms with van der Waals surface area (Å²) in [5, 5.41) is 13.7. The number of nitrogens with one attached hydrogen (secondary N) is 1. The minimum atomic E-state index is -0.815. The standard InChI is InChI=1S/C18H19NO3S/c20-17(21)9-8-12-4-3-5-13(10-12)19-18(22)15-11-23-16-7-2-1-6-14(15)16/h3-5,10-11H,1-2,6-9H2,(H,19,22)(H,20,21). The molecule has 5 heteroatoms. The van der Waals surface area contributed by atoms with Crippen LogP contribution in [0.15, 0.2) is 29.6 Å². The van der Waals surface area contributed by atoms with E-state index in [-0.39, 0.29) is 12.3 Å². The maximum Gasteiger partial charge on any atom is 0.303 e. The molecule has 0 aliphatic heterocycles. The monoisotopic (exact) mass is 329 g/mol. The predicted octanol–water partition coefficient (Wildman–Crippen LogP) is 3.90.